The van der Waals surface area contributed by atoms with Gasteiger partial charge in [-0.2, -0.15) is 0 Å². The molecule has 0 rings (SSSR count). The fourth-order valence-electron chi connectivity index (χ4n) is 4.36. The summed E-state index contributed by atoms with van der Waals surface area (Å²) >= 11 is 0. The number of amides is 1. The highest BCUT2D eigenvalue weighted by molar-refractivity contribution is 5.76. The molecule has 41 heavy (non-hydrogen) atoms. The van der Waals surface area contributed by atoms with Crippen molar-refractivity contribution < 1.29 is 15.0 Å². The number of unbranched alkanes of at least 4 members (excludes halogenated alkanes) is 11. The van der Waals surface area contributed by atoms with Gasteiger partial charge in [-0.3, -0.25) is 4.79 Å². The molecule has 4 heteroatoms. The molecular formula is C37H63NO3. The van der Waals surface area contributed by atoms with Gasteiger partial charge in [0.2, 0.25) is 5.91 Å². The van der Waals surface area contributed by atoms with Crippen LogP contribution in [0.25, 0.3) is 0 Å². The van der Waals surface area contributed by atoms with Crippen molar-refractivity contribution in [1.29, 1.82) is 0 Å². The standard InChI is InChI=1S/C37H63NO3/c1-3-5-7-9-11-13-15-16-17-18-19-20-21-22-23-25-27-29-31-33-37(41)38-35(34-39)36(40)32-30-28-26-24-14-12-10-8-6-4-2/h5,7,11,13-14,16-17,19-20,24,30,32,35-36,39-40H,3-4,6,8-10,12,15,18,21-23,25-29,31,33-34H2,1-2H3,(H,38,41)/b7-5-,13-11-,17-16-,20-19-,24-14+,32-30+. The number of carbonyl (C=O) groups excluding carboxylic acids is 1. The molecule has 0 heterocycles. The minimum Gasteiger partial charge on any atom is -0.394 e. The van der Waals surface area contributed by atoms with E-state index in [1.165, 1.54) is 44.9 Å². The van der Waals surface area contributed by atoms with Crippen molar-refractivity contribution in [1.82, 2.24) is 5.32 Å². The molecule has 2 unspecified atom stereocenters. The van der Waals surface area contributed by atoms with Crippen LogP contribution in [-0.2, 0) is 4.79 Å². The summed E-state index contributed by atoms with van der Waals surface area (Å²) in [6.45, 7) is 4.11. The lowest BCUT2D eigenvalue weighted by atomic mass is 10.1. The highest BCUT2D eigenvalue weighted by Gasteiger charge is 2.17. The molecule has 0 bridgehead atoms. The number of aliphatic hydroxyl groups excluding tert-OH is 2. The van der Waals surface area contributed by atoms with Crippen molar-refractivity contribution >= 4 is 5.91 Å². The summed E-state index contributed by atoms with van der Waals surface area (Å²) in [5, 5.41) is 22.7. The average Bonchev–Trinajstić information content (AvgIpc) is 2.97. The van der Waals surface area contributed by atoms with Crippen LogP contribution < -0.4 is 5.32 Å². The second-order valence-corrected chi connectivity index (χ2v) is 10.8. The van der Waals surface area contributed by atoms with Gasteiger partial charge < -0.3 is 15.5 Å². The zero-order chi connectivity index (χ0) is 30.1. The minimum atomic E-state index is -0.868. The molecule has 0 aromatic heterocycles. The summed E-state index contributed by atoms with van der Waals surface area (Å²) < 4.78 is 0. The van der Waals surface area contributed by atoms with Crippen LogP contribution >= 0.6 is 0 Å². The lowest BCUT2D eigenvalue weighted by molar-refractivity contribution is -0.123. The zero-order valence-corrected chi connectivity index (χ0v) is 26.5. The number of nitrogens with one attached hydrogen (secondary N) is 1. The van der Waals surface area contributed by atoms with Crippen molar-refractivity contribution in [2.75, 3.05) is 6.61 Å². The fourth-order valence-corrected chi connectivity index (χ4v) is 4.36. The second-order valence-electron chi connectivity index (χ2n) is 10.8. The van der Waals surface area contributed by atoms with Gasteiger partial charge in [-0.25, -0.2) is 0 Å². The van der Waals surface area contributed by atoms with E-state index in [2.05, 4.69) is 79.9 Å². The number of aliphatic hydroxyl groups is 2. The lowest BCUT2D eigenvalue weighted by Crippen LogP contribution is -2.45. The Labute approximate surface area is 253 Å². The molecule has 0 aliphatic heterocycles. The third-order valence-electron chi connectivity index (χ3n) is 6.92. The van der Waals surface area contributed by atoms with Crippen LogP contribution in [0, 0.1) is 0 Å². The Bertz CT molecular complexity index is 747. The first-order valence-electron chi connectivity index (χ1n) is 16.7. The molecule has 0 saturated heterocycles. The molecular weight excluding hydrogens is 506 g/mol. The topological polar surface area (TPSA) is 69.6 Å². The highest BCUT2D eigenvalue weighted by atomic mass is 16.3. The Kier molecular flexibility index (Phi) is 30.6. The molecule has 0 spiro atoms. The van der Waals surface area contributed by atoms with Crippen LogP contribution in [0.4, 0.5) is 0 Å². The van der Waals surface area contributed by atoms with Crippen molar-refractivity contribution in [3.63, 3.8) is 0 Å². The van der Waals surface area contributed by atoms with E-state index in [0.29, 0.717) is 6.42 Å². The van der Waals surface area contributed by atoms with Gasteiger partial charge in [0, 0.05) is 6.42 Å². The Morgan fingerprint density at radius 3 is 1.71 bits per heavy atom. The van der Waals surface area contributed by atoms with E-state index in [1.54, 1.807) is 6.08 Å². The van der Waals surface area contributed by atoms with Gasteiger partial charge >= 0.3 is 0 Å². The summed E-state index contributed by atoms with van der Waals surface area (Å²) in [4.78, 5) is 12.3. The van der Waals surface area contributed by atoms with Gasteiger partial charge in [-0.15, -0.1) is 0 Å². The lowest BCUT2D eigenvalue weighted by Gasteiger charge is -2.19. The molecule has 3 N–H and O–H groups in total. The third-order valence-corrected chi connectivity index (χ3v) is 6.92. The Balaban J connectivity index is 3.74. The van der Waals surface area contributed by atoms with Crippen LogP contribution in [0.3, 0.4) is 0 Å². The molecule has 0 fully saturated rings. The first kappa shape index (κ1) is 38.8. The molecule has 0 aromatic rings. The van der Waals surface area contributed by atoms with Gasteiger partial charge in [-0.05, 0) is 70.6 Å². The third kappa shape index (κ3) is 29.1. The zero-order valence-electron chi connectivity index (χ0n) is 26.5. The summed E-state index contributed by atoms with van der Waals surface area (Å²) in [6, 6.07) is -0.647. The number of carbonyl (C=O) groups is 1. The predicted molar refractivity (Wildman–Crippen MR) is 179 cm³/mol. The normalized spacial score (nSPS) is 14.1. The number of rotatable bonds is 28. The van der Waals surface area contributed by atoms with E-state index < -0.39 is 12.1 Å². The molecule has 0 radical (unpaired) electrons. The number of hydrogen-bond acceptors (Lipinski definition) is 3. The Hall–Kier alpha value is -2.17. The Morgan fingerprint density at radius 1 is 0.610 bits per heavy atom. The van der Waals surface area contributed by atoms with Crippen LogP contribution in [0.1, 0.15) is 136 Å². The molecule has 0 saturated carbocycles. The van der Waals surface area contributed by atoms with Crippen molar-refractivity contribution in [2.24, 2.45) is 0 Å². The van der Waals surface area contributed by atoms with E-state index >= 15 is 0 Å². The summed E-state index contributed by atoms with van der Waals surface area (Å²) in [5.41, 5.74) is 0. The smallest absolute Gasteiger partial charge is 0.220 e. The fraction of sp³-hybridized carbons (Fsp3) is 0.649. The van der Waals surface area contributed by atoms with E-state index in [4.69, 9.17) is 0 Å². The second kappa shape index (κ2) is 32.3. The van der Waals surface area contributed by atoms with Gasteiger partial charge in [0.15, 0.2) is 0 Å². The highest BCUT2D eigenvalue weighted by Crippen LogP contribution is 2.10. The van der Waals surface area contributed by atoms with Gasteiger partial charge in [0.1, 0.15) is 0 Å². The summed E-state index contributed by atoms with van der Waals surface area (Å²) in [5.74, 6) is -0.0955. The maximum Gasteiger partial charge on any atom is 0.220 e. The van der Waals surface area contributed by atoms with Crippen LogP contribution in [0.15, 0.2) is 72.9 Å². The quantitative estimate of drug-likeness (QED) is 0.0649. The summed E-state index contributed by atoms with van der Waals surface area (Å²) in [6.07, 6.45) is 45.5. The Morgan fingerprint density at radius 2 is 1.10 bits per heavy atom. The summed E-state index contributed by atoms with van der Waals surface area (Å²) in [7, 11) is 0. The average molecular weight is 570 g/mol. The van der Waals surface area contributed by atoms with Gasteiger partial charge in [0.05, 0.1) is 18.8 Å². The van der Waals surface area contributed by atoms with Crippen molar-refractivity contribution in [3.05, 3.63) is 72.9 Å². The van der Waals surface area contributed by atoms with Crippen LogP contribution in [-0.4, -0.2) is 34.9 Å². The van der Waals surface area contributed by atoms with Gasteiger partial charge in [0.25, 0.3) is 0 Å². The molecule has 0 aliphatic carbocycles. The van der Waals surface area contributed by atoms with Crippen molar-refractivity contribution in [3.8, 4) is 0 Å². The van der Waals surface area contributed by atoms with Crippen LogP contribution in [0.5, 0.6) is 0 Å². The first-order chi connectivity index (χ1) is 20.2. The van der Waals surface area contributed by atoms with Crippen molar-refractivity contribution in [2.45, 2.75) is 148 Å². The maximum atomic E-state index is 12.3. The molecule has 2 atom stereocenters. The van der Waals surface area contributed by atoms with E-state index in [0.717, 1.165) is 70.6 Å². The van der Waals surface area contributed by atoms with E-state index in [1.807, 2.05) is 6.08 Å². The van der Waals surface area contributed by atoms with E-state index in [9.17, 15) is 15.0 Å². The van der Waals surface area contributed by atoms with E-state index in [-0.39, 0.29) is 12.5 Å². The van der Waals surface area contributed by atoms with Crippen LogP contribution in [0.2, 0.25) is 0 Å². The minimum absolute atomic E-state index is 0.0955. The first-order valence-corrected chi connectivity index (χ1v) is 16.7. The molecule has 0 aromatic carbocycles. The predicted octanol–water partition coefficient (Wildman–Crippen LogP) is 9.61. The SMILES string of the molecule is CC/C=C\C/C=C\C/C=C\C/C=C\CCCCCCCCC(=O)NC(CO)C(O)/C=C/CC/C=C/CCCCCC. The largest absolute Gasteiger partial charge is 0.394 e. The number of hydrogen-bond donors (Lipinski definition) is 3. The molecule has 0 aliphatic rings. The molecule has 1 amide bonds. The molecule has 4 nitrogen and oxygen atoms in total. The van der Waals surface area contributed by atoms with Gasteiger partial charge in [-0.1, -0.05) is 132 Å². The number of allylic oxidation sites excluding steroid dienone is 11. The molecule has 234 valence electrons. The monoisotopic (exact) mass is 569 g/mol. The maximum absolute atomic E-state index is 12.3.